The SMILES string of the molecule is C[C@H](OC(=O)Cc1nn(C)c(=O)c2ccccc12)C(=O)NC(=O)NC1CCCC1. The van der Waals surface area contributed by atoms with Crippen LogP contribution in [0.1, 0.15) is 38.3 Å². The molecule has 0 spiro atoms. The molecule has 1 heterocycles. The first-order valence-electron chi connectivity index (χ1n) is 9.61. The van der Waals surface area contributed by atoms with Gasteiger partial charge in [0.1, 0.15) is 0 Å². The van der Waals surface area contributed by atoms with Crippen molar-refractivity contribution in [2.24, 2.45) is 7.05 Å². The van der Waals surface area contributed by atoms with Crippen LogP contribution in [0.5, 0.6) is 0 Å². The number of fused-ring (bicyclic) bond motifs is 1. The van der Waals surface area contributed by atoms with Crippen LogP contribution < -0.4 is 16.2 Å². The monoisotopic (exact) mass is 400 g/mol. The van der Waals surface area contributed by atoms with Crippen LogP contribution in [0.3, 0.4) is 0 Å². The minimum Gasteiger partial charge on any atom is -0.452 e. The topological polar surface area (TPSA) is 119 Å². The number of ether oxygens (including phenoxy) is 1. The highest BCUT2D eigenvalue weighted by Gasteiger charge is 2.23. The van der Waals surface area contributed by atoms with Gasteiger partial charge in [-0.05, 0) is 25.8 Å². The predicted molar refractivity (Wildman–Crippen MR) is 105 cm³/mol. The smallest absolute Gasteiger partial charge is 0.321 e. The lowest BCUT2D eigenvalue weighted by Crippen LogP contribution is -2.47. The van der Waals surface area contributed by atoms with Crippen molar-refractivity contribution in [1.82, 2.24) is 20.4 Å². The molecular weight excluding hydrogens is 376 g/mol. The zero-order chi connectivity index (χ0) is 21.0. The first-order chi connectivity index (χ1) is 13.8. The van der Waals surface area contributed by atoms with E-state index in [1.54, 1.807) is 24.3 Å². The minimum absolute atomic E-state index is 0.0738. The maximum absolute atomic E-state index is 12.3. The molecule has 154 valence electrons. The number of aryl methyl sites for hydroxylation is 1. The number of nitrogens with zero attached hydrogens (tertiary/aromatic N) is 2. The first kappa shape index (κ1) is 20.5. The van der Waals surface area contributed by atoms with Gasteiger partial charge in [0.15, 0.2) is 6.10 Å². The van der Waals surface area contributed by atoms with Crippen LogP contribution >= 0.6 is 0 Å². The summed E-state index contributed by atoms with van der Waals surface area (Å²) in [5.74, 6) is -1.38. The Bertz CT molecular complexity index is 994. The van der Waals surface area contributed by atoms with Crippen LogP contribution in [0.4, 0.5) is 4.79 Å². The van der Waals surface area contributed by atoms with Crippen LogP contribution in [-0.2, 0) is 27.8 Å². The van der Waals surface area contributed by atoms with E-state index in [1.807, 2.05) is 0 Å². The van der Waals surface area contributed by atoms with E-state index >= 15 is 0 Å². The van der Waals surface area contributed by atoms with Gasteiger partial charge in [0.2, 0.25) is 0 Å². The average molecular weight is 400 g/mol. The highest BCUT2D eigenvalue weighted by Crippen LogP contribution is 2.17. The van der Waals surface area contributed by atoms with E-state index < -0.39 is 24.0 Å². The molecule has 1 aliphatic rings. The molecule has 0 radical (unpaired) electrons. The molecule has 0 saturated heterocycles. The number of hydrogen-bond donors (Lipinski definition) is 2. The second-order valence-electron chi connectivity index (χ2n) is 7.17. The van der Waals surface area contributed by atoms with E-state index in [0.717, 1.165) is 30.4 Å². The number of aromatic nitrogens is 2. The van der Waals surface area contributed by atoms with Crippen molar-refractivity contribution in [2.75, 3.05) is 0 Å². The van der Waals surface area contributed by atoms with E-state index in [1.165, 1.54) is 14.0 Å². The summed E-state index contributed by atoms with van der Waals surface area (Å²) in [4.78, 5) is 48.5. The highest BCUT2D eigenvalue weighted by molar-refractivity contribution is 5.97. The van der Waals surface area contributed by atoms with Gasteiger partial charge in [0.05, 0.1) is 17.5 Å². The lowest BCUT2D eigenvalue weighted by atomic mass is 10.1. The first-order valence-corrected chi connectivity index (χ1v) is 9.61. The molecule has 1 saturated carbocycles. The molecule has 0 unspecified atom stereocenters. The van der Waals surface area contributed by atoms with E-state index in [2.05, 4.69) is 15.7 Å². The van der Waals surface area contributed by atoms with Crippen LogP contribution in [0, 0.1) is 0 Å². The Balaban J connectivity index is 1.59. The van der Waals surface area contributed by atoms with E-state index in [9.17, 15) is 19.2 Å². The number of hydrogen-bond acceptors (Lipinski definition) is 6. The van der Waals surface area contributed by atoms with E-state index in [0.29, 0.717) is 16.5 Å². The summed E-state index contributed by atoms with van der Waals surface area (Å²) < 4.78 is 6.31. The van der Waals surface area contributed by atoms with Crippen molar-refractivity contribution < 1.29 is 19.1 Å². The Hall–Kier alpha value is -3.23. The quantitative estimate of drug-likeness (QED) is 0.728. The van der Waals surface area contributed by atoms with Crippen LogP contribution in [0.15, 0.2) is 29.1 Å². The minimum atomic E-state index is -1.14. The van der Waals surface area contributed by atoms with Gasteiger partial charge in [-0.25, -0.2) is 9.48 Å². The van der Waals surface area contributed by atoms with Crippen LogP contribution in [0.25, 0.3) is 10.8 Å². The number of nitrogens with one attached hydrogen (secondary N) is 2. The lowest BCUT2D eigenvalue weighted by Gasteiger charge is -2.16. The summed E-state index contributed by atoms with van der Waals surface area (Å²) in [7, 11) is 1.50. The second-order valence-corrected chi connectivity index (χ2v) is 7.17. The molecule has 9 heteroatoms. The number of imide groups is 1. The largest absolute Gasteiger partial charge is 0.452 e. The van der Waals surface area contributed by atoms with Gasteiger partial charge in [-0.1, -0.05) is 31.0 Å². The fraction of sp³-hybridized carbons (Fsp3) is 0.450. The van der Waals surface area contributed by atoms with E-state index in [-0.39, 0.29) is 18.0 Å². The molecular formula is C20H24N4O5. The van der Waals surface area contributed by atoms with Gasteiger partial charge < -0.3 is 10.1 Å². The van der Waals surface area contributed by atoms with Gasteiger partial charge in [-0.15, -0.1) is 0 Å². The Morgan fingerprint density at radius 1 is 1.21 bits per heavy atom. The maximum Gasteiger partial charge on any atom is 0.321 e. The molecule has 1 aromatic carbocycles. The lowest BCUT2D eigenvalue weighted by molar-refractivity contribution is -0.153. The third-order valence-electron chi connectivity index (χ3n) is 4.95. The summed E-state index contributed by atoms with van der Waals surface area (Å²) in [5, 5.41) is 10.1. The fourth-order valence-corrected chi connectivity index (χ4v) is 3.44. The number of amides is 3. The van der Waals surface area contributed by atoms with Gasteiger partial charge >= 0.3 is 12.0 Å². The molecule has 1 aromatic heterocycles. The Kier molecular flexibility index (Phi) is 6.26. The number of rotatable bonds is 5. The summed E-state index contributed by atoms with van der Waals surface area (Å²) >= 11 is 0. The Labute approximate surface area is 167 Å². The summed E-state index contributed by atoms with van der Waals surface area (Å²) in [5.41, 5.74) is 0.109. The van der Waals surface area contributed by atoms with Crippen molar-refractivity contribution in [3.63, 3.8) is 0 Å². The Morgan fingerprint density at radius 3 is 2.55 bits per heavy atom. The van der Waals surface area contributed by atoms with Crippen molar-refractivity contribution in [3.8, 4) is 0 Å². The third-order valence-corrected chi connectivity index (χ3v) is 4.95. The standard InChI is InChI=1S/C20H24N4O5/c1-12(18(26)22-20(28)21-13-7-3-4-8-13)29-17(25)11-16-14-9-5-6-10-15(14)19(27)24(2)23-16/h5-6,9-10,12-13H,3-4,7-8,11H2,1-2H3,(H2,21,22,26,28)/t12-/m0/s1. The molecule has 1 aliphatic carbocycles. The molecule has 29 heavy (non-hydrogen) atoms. The number of esters is 1. The molecule has 9 nitrogen and oxygen atoms in total. The highest BCUT2D eigenvalue weighted by atomic mass is 16.5. The zero-order valence-electron chi connectivity index (χ0n) is 16.4. The van der Waals surface area contributed by atoms with Crippen molar-refractivity contribution >= 4 is 28.7 Å². The van der Waals surface area contributed by atoms with Crippen molar-refractivity contribution in [1.29, 1.82) is 0 Å². The molecule has 1 atom stereocenters. The van der Waals surface area contributed by atoms with Crippen LogP contribution in [0.2, 0.25) is 0 Å². The number of urea groups is 1. The van der Waals surface area contributed by atoms with Crippen molar-refractivity contribution in [2.45, 2.75) is 51.2 Å². The van der Waals surface area contributed by atoms with Crippen LogP contribution in [-0.4, -0.2) is 39.8 Å². The van der Waals surface area contributed by atoms with Gasteiger partial charge in [-0.3, -0.25) is 19.7 Å². The molecule has 3 rings (SSSR count). The number of carbonyl (C=O) groups excluding carboxylic acids is 3. The van der Waals surface area contributed by atoms with Gasteiger partial charge in [0.25, 0.3) is 11.5 Å². The fourth-order valence-electron chi connectivity index (χ4n) is 3.44. The van der Waals surface area contributed by atoms with Crippen molar-refractivity contribution in [3.05, 3.63) is 40.3 Å². The summed E-state index contributed by atoms with van der Waals surface area (Å²) in [6.07, 6.45) is 2.55. The van der Waals surface area contributed by atoms with E-state index in [4.69, 9.17) is 4.74 Å². The third kappa shape index (κ3) is 4.98. The Morgan fingerprint density at radius 2 is 1.86 bits per heavy atom. The molecule has 3 amide bonds. The zero-order valence-corrected chi connectivity index (χ0v) is 16.4. The summed E-state index contributed by atoms with van der Waals surface area (Å²) in [6.45, 7) is 1.39. The molecule has 0 bridgehead atoms. The normalized spacial score (nSPS) is 15.1. The second kappa shape index (κ2) is 8.85. The number of carbonyl (C=O) groups is 3. The number of benzene rings is 1. The molecule has 0 aliphatic heterocycles. The molecule has 2 aromatic rings. The summed E-state index contributed by atoms with van der Waals surface area (Å²) in [6, 6.07) is 6.33. The maximum atomic E-state index is 12.3. The predicted octanol–water partition coefficient (Wildman–Crippen LogP) is 1.18. The van der Waals surface area contributed by atoms with Gasteiger partial charge in [0, 0.05) is 18.5 Å². The molecule has 2 N–H and O–H groups in total. The average Bonchev–Trinajstić information content (AvgIpc) is 3.18. The molecule has 1 fully saturated rings. The van der Waals surface area contributed by atoms with Gasteiger partial charge in [-0.2, -0.15) is 5.10 Å².